The molecule has 3 atom stereocenters. The fourth-order valence-corrected chi connectivity index (χ4v) is 3.97. The number of aromatic nitrogens is 2. The van der Waals surface area contributed by atoms with Crippen LogP contribution in [0.2, 0.25) is 0 Å². The van der Waals surface area contributed by atoms with E-state index < -0.39 is 55.1 Å². The highest BCUT2D eigenvalue weighted by Crippen LogP contribution is 2.38. The number of hydrogen-bond donors (Lipinski definition) is 3. The summed E-state index contributed by atoms with van der Waals surface area (Å²) in [6.07, 6.45) is -0.0492. The minimum atomic E-state index is -1.38. The molecule has 1 saturated heterocycles. The van der Waals surface area contributed by atoms with Crippen LogP contribution in [-0.2, 0) is 0 Å². The van der Waals surface area contributed by atoms with Crippen LogP contribution in [0.4, 0.5) is 29.5 Å². The maximum atomic E-state index is 13.6. The number of carbonyl (C=O) groups is 2. The van der Waals surface area contributed by atoms with Crippen LogP contribution in [0, 0.1) is 29.0 Å². The number of anilines is 2. The molecular formula is C20H21F3N6O3. The van der Waals surface area contributed by atoms with Crippen LogP contribution in [0.25, 0.3) is 0 Å². The molecule has 170 valence electrons. The molecule has 12 heteroatoms. The van der Waals surface area contributed by atoms with Crippen molar-refractivity contribution in [1.82, 2.24) is 14.7 Å². The van der Waals surface area contributed by atoms with Crippen LogP contribution in [0.5, 0.6) is 0 Å². The molecule has 32 heavy (non-hydrogen) atoms. The van der Waals surface area contributed by atoms with Crippen LogP contribution < -0.4 is 11.1 Å². The topological polar surface area (TPSA) is 137 Å². The van der Waals surface area contributed by atoms with Crippen LogP contribution in [0.3, 0.4) is 0 Å². The Hall–Kier alpha value is -3.75. The molecule has 2 heterocycles. The van der Waals surface area contributed by atoms with Gasteiger partial charge in [0.2, 0.25) is 0 Å². The third-order valence-electron chi connectivity index (χ3n) is 5.50. The lowest BCUT2D eigenvalue weighted by Crippen LogP contribution is -2.56. The van der Waals surface area contributed by atoms with E-state index in [0.29, 0.717) is 5.69 Å². The Morgan fingerprint density at radius 3 is 2.50 bits per heavy atom. The van der Waals surface area contributed by atoms with Gasteiger partial charge in [-0.05, 0) is 30.7 Å². The van der Waals surface area contributed by atoms with Gasteiger partial charge in [-0.15, -0.1) is 0 Å². The number of benzene rings is 1. The number of piperidine rings is 1. The zero-order valence-corrected chi connectivity index (χ0v) is 16.8. The van der Waals surface area contributed by atoms with Gasteiger partial charge in [0.1, 0.15) is 11.4 Å². The molecule has 0 aliphatic carbocycles. The molecule has 2 aromatic rings. The van der Waals surface area contributed by atoms with Crippen molar-refractivity contribution in [3.05, 3.63) is 41.8 Å². The van der Waals surface area contributed by atoms with Crippen LogP contribution in [0.1, 0.15) is 22.8 Å². The van der Waals surface area contributed by atoms with Crippen molar-refractivity contribution in [2.45, 2.75) is 18.5 Å². The highest BCUT2D eigenvalue weighted by atomic mass is 19.1. The lowest BCUT2D eigenvalue weighted by molar-refractivity contribution is 0.0192. The summed E-state index contributed by atoms with van der Waals surface area (Å²) in [5.74, 6) is -3.53. The summed E-state index contributed by atoms with van der Waals surface area (Å²) in [6.45, 7) is -2.37. The highest BCUT2D eigenvalue weighted by molar-refractivity contribution is 5.98. The smallest absolute Gasteiger partial charge is 0.407 e. The second kappa shape index (κ2) is 9.59. The molecular weight excluding hydrogens is 429 g/mol. The predicted octanol–water partition coefficient (Wildman–Crippen LogP) is 2.85. The lowest BCUT2D eigenvalue weighted by Gasteiger charge is -2.44. The van der Waals surface area contributed by atoms with Crippen LogP contribution in [0.15, 0.2) is 30.5 Å². The van der Waals surface area contributed by atoms with E-state index in [1.165, 1.54) is 30.5 Å². The molecule has 3 rings (SSSR count). The Labute approximate surface area is 181 Å². The van der Waals surface area contributed by atoms with Crippen molar-refractivity contribution in [2.75, 3.05) is 25.2 Å². The monoisotopic (exact) mass is 450 g/mol. The van der Waals surface area contributed by atoms with Crippen molar-refractivity contribution in [1.29, 1.82) is 5.26 Å². The highest BCUT2D eigenvalue weighted by Gasteiger charge is 2.46. The van der Waals surface area contributed by atoms with Crippen molar-refractivity contribution < 1.29 is 27.9 Å². The Kier molecular flexibility index (Phi) is 6.87. The van der Waals surface area contributed by atoms with Gasteiger partial charge >= 0.3 is 6.09 Å². The first-order valence-electron chi connectivity index (χ1n) is 9.73. The number of carbonyl (C=O) groups excluding carboxylic acids is 1. The zero-order valence-electron chi connectivity index (χ0n) is 16.8. The number of amides is 2. The first-order valence-corrected chi connectivity index (χ1v) is 9.73. The van der Waals surface area contributed by atoms with Gasteiger partial charge in [0.05, 0.1) is 37.4 Å². The Balaban J connectivity index is 2.08. The Bertz CT molecular complexity index is 1020. The predicted molar refractivity (Wildman–Crippen MR) is 107 cm³/mol. The Morgan fingerprint density at radius 1 is 1.31 bits per heavy atom. The molecule has 9 nitrogen and oxygen atoms in total. The number of nitrogens with one attached hydrogen (secondary N) is 1. The maximum absolute atomic E-state index is 13.6. The van der Waals surface area contributed by atoms with E-state index in [1.54, 1.807) is 0 Å². The van der Waals surface area contributed by atoms with E-state index in [4.69, 9.17) is 5.73 Å². The maximum Gasteiger partial charge on any atom is 0.407 e. The number of rotatable bonds is 7. The summed E-state index contributed by atoms with van der Waals surface area (Å²) in [4.78, 5) is 24.7. The van der Waals surface area contributed by atoms with Crippen LogP contribution in [-0.4, -0.2) is 57.7 Å². The number of nitriles is 1. The van der Waals surface area contributed by atoms with Crippen molar-refractivity contribution in [3.63, 3.8) is 0 Å². The van der Waals surface area contributed by atoms with E-state index in [0.717, 1.165) is 9.58 Å². The quantitative estimate of drug-likeness (QED) is 0.593. The second-order valence-electron chi connectivity index (χ2n) is 7.42. The number of carboxylic acid groups (broad SMARTS) is 1. The van der Waals surface area contributed by atoms with E-state index in [9.17, 15) is 33.1 Å². The van der Waals surface area contributed by atoms with Crippen LogP contribution >= 0.6 is 0 Å². The molecule has 4 N–H and O–H groups in total. The van der Waals surface area contributed by atoms with Gasteiger partial charge < -0.3 is 21.1 Å². The van der Waals surface area contributed by atoms with Crippen molar-refractivity contribution in [2.24, 2.45) is 17.6 Å². The largest absolute Gasteiger partial charge is 0.465 e. The molecule has 1 unspecified atom stereocenters. The first-order chi connectivity index (χ1) is 15.3. The summed E-state index contributed by atoms with van der Waals surface area (Å²) >= 11 is 0. The van der Waals surface area contributed by atoms with E-state index >= 15 is 0 Å². The molecule has 0 saturated carbocycles. The third kappa shape index (κ3) is 4.46. The molecule has 1 aromatic carbocycles. The van der Waals surface area contributed by atoms with E-state index in [-0.39, 0.29) is 24.3 Å². The minimum absolute atomic E-state index is 0.0240. The first kappa shape index (κ1) is 22.9. The number of primary amides is 1. The van der Waals surface area contributed by atoms with Gasteiger partial charge in [-0.2, -0.15) is 10.4 Å². The molecule has 1 aliphatic rings. The summed E-state index contributed by atoms with van der Waals surface area (Å²) in [6, 6.07) is 4.92. The lowest BCUT2D eigenvalue weighted by atomic mass is 9.81. The Morgan fingerprint density at radius 2 is 1.97 bits per heavy atom. The SMILES string of the molecule is N#C[C@H]1CCN(C(=O)O)C(C(CF)CF)[C@@H]1n1cc(C(N)=O)c(Nc2ccc(F)cc2)n1. The summed E-state index contributed by atoms with van der Waals surface area (Å²) in [5, 5.41) is 26.3. The number of nitrogens with zero attached hydrogens (tertiary/aromatic N) is 4. The number of halogens is 3. The number of alkyl halides is 2. The molecule has 1 fully saturated rings. The molecule has 0 spiro atoms. The number of nitrogens with two attached hydrogens (primary N) is 1. The van der Waals surface area contributed by atoms with Gasteiger partial charge in [-0.3, -0.25) is 18.3 Å². The van der Waals surface area contributed by atoms with Gasteiger partial charge in [-0.25, -0.2) is 9.18 Å². The second-order valence-corrected chi connectivity index (χ2v) is 7.42. The number of likely N-dealkylation sites (tertiary alicyclic amines) is 1. The summed E-state index contributed by atoms with van der Waals surface area (Å²) < 4.78 is 41.6. The summed E-state index contributed by atoms with van der Waals surface area (Å²) in [7, 11) is 0. The molecule has 1 aromatic heterocycles. The average molecular weight is 450 g/mol. The fourth-order valence-electron chi connectivity index (χ4n) is 3.97. The van der Waals surface area contributed by atoms with Crippen molar-refractivity contribution in [3.8, 4) is 6.07 Å². The van der Waals surface area contributed by atoms with E-state index in [2.05, 4.69) is 16.5 Å². The van der Waals surface area contributed by atoms with Crippen molar-refractivity contribution >= 4 is 23.5 Å². The molecule has 0 radical (unpaired) electrons. The van der Waals surface area contributed by atoms with Gasteiger partial charge in [0.15, 0.2) is 5.82 Å². The number of hydrogen-bond acceptors (Lipinski definition) is 5. The van der Waals surface area contributed by atoms with Gasteiger partial charge in [-0.1, -0.05) is 0 Å². The molecule has 2 amide bonds. The molecule has 0 bridgehead atoms. The van der Waals surface area contributed by atoms with Gasteiger partial charge in [0, 0.05) is 24.3 Å². The normalized spacial score (nSPS) is 20.7. The third-order valence-corrected chi connectivity index (χ3v) is 5.50. The van der Waals surface area contributed by atoms with E-state index in [1.807, 2.05) is 0 Å². The van der Waals surface area contributed by atoms with Gasteiger partial charge in [0.25, 0.3) is 5.91 Å². The summed E-state index contributed by atoms with van der Waals surface area (Å²) in [5.41, 5.74) is 5.74. The zero-order chi connectivity index (χ0) is 23.4. The minimum Gasteiger partial charge on any atom is -0.465 e. The molecule has 1 aliphatic heterocycles. The fraction of sp³-hybridized carbons (Fsp3) is 0.400. The standard InChI is InChI=1S/C20H21F3N6O3/c21-7-12(8-22)16-17(11(9-24)5-6-28(16)20(31)32)29-10-15(18(25)30)19(27-29)26-14-3-1-13(23)2-4-14/h1-4,10-12,16-17H,5-8H2,(H2,25,30)(H,26,27)(H,31,32)/t11-,16?,17-/m1/s1. The average Bonchev–Trinajstić information content (AvgIpc) is 3.19.